The van der Waals surface area contributed by atoms with Gasteiger partial charge < -0.3 is 16.0 Å². The minimum Gasteiger partial charge on any atom is -0.354 e. The van der Waals surface area contributed by atoms with Crippen molar-refractivity contribution in [2.75, 3.05) is 31.1 Å². The number of Topliss-reactive ketones (excluding diaryl/α,β-unsaturated/α-hetero) is 2. The van der Waals surface area contributed by atoms with E-state index in [4.69, 9.17) is 5.73 Å². The van der Waals surface area contributed by atoms with Gasteiger partial charge in [-0.05, 0) is 25.0 Å². The predicted octanol–water partition coefficient (Wildman–Crippen LogP) is 1.04. The number of nitrogens with one attached hydrogen (secondary N) is 1. The zero-order valence-corrected chi connectivity index (χ0v) is 18.7. The average Bonchev–Trinajstić information content (AvgIpc) is 3.23. The van der Waals surface area contributed by atoms with Crippen LogP contribution in [-0.2, 0) is 16.0 Å². The van der Waals surface area contributed by atoms with Crippen LogP contribution < -0.4 is 21.5 Å². The number of rotatable bonds is 8. The highest BCUT2D eigenvalue weighted by Crippen LogP contribution is 2.26. The van der Waals surface area contributed by atoms with Crippen molar-refractivity contribution in [1.29, 1.82) is 0 Å². The molecule has 32 heavy (non-hydrogen) atoms. The molecular formula is C22H26N6O3S. The predicted molar refractivity (Wildman–Crippen MR) is 124 cm³/mol. The van der Waals surface area contributed by atoms with Crippen molar-refractivity contribution in [3.63, 3.8) is 0 Å². The lowest BCUT2D eigenvalue weighted by molar-refractivity contribution is -0.119. The topological polar surface area (TPSA) is 123 Å². The number of hydrogen-bond acceptors (Lipinski definition) is 9. The smallest absolute Gasteiger partial charge is 0.277 e. The van der Waals surface area contributed by atoms with Crippen LogP contribution in [0.4, 0.5) is 5.82 Å². The zero-order chi connectivity index (χ0) is 22.7. The molecule has 0 radical (unpaired) electrons. The molecule has 0 unspecified atom stereocenters. The first-order chi connectivity index (χ1) is 15.4. The normalized spacial score (nSPS) is 15.1. The lowest BCUT2D eigenvalue weighted by atomic mass is 10.0. The van der Waals surface area contributed by atoms with Crippen molar-refractivity contribution in [2.45, 2.75) is 32.2 Å². The number of nitrogens with zero attached hydrogens (tertiary/aromatic N) is 4. The summed E-state index contributed by atoms with van der Waals surface area (Å²) in [6.45, 7) is 4.77. The highest BCUT2D eigenvalue weighted by atomic mass is 32.1. The van der Waals surface area contributed by atoms with Crippen LogP contribution in [0.2, 0.25) is 0 Å². The van der Waals surface area contributed by atoms with E-state index in [-0.39, 0.29) is 30.0 Å². The Kier molecular flexibility index (Phi) is 6.73. The van der Waals surface area contributed by atoms with Crippen molar-refractivity contribution >= 4 is 33.7 Å². The number of carbonyl (C=O) groups is 2. The molecule has 1 aliphatic rings. The molecule has 0 amide bonds. The molecule has 1 saturated heterocycles. The molecule has 3 N–H and O–H groups in total. The van der Waals surface area contributed by atoms with E-state index in [1.54, 1.807) is 0 Å². The molecule has 1 aromatic carbocycles. The molecular weight excluding hydrogens is 428 g/mol. The highest BCUT2D eigenvalue weighted by Gasteiger charge is 2.17. The maximum absolute atomic E-state index is 12.6. The average molecular weight is 455 g/mol. The molecule has 0 aliphatic carbocycles. The van der Waals surface area contributed by atoms with Crippen LogP contribution in [0.3, 0.4) is 0 Å². The molecule has 9 nitrogen and oxygen atoms in total. The molecule has 168 valence electrons. The number of benzene rings is 1. The minimum atomic E-state index is -0.593. The second-order valence-electron chi connectivity index (χ2n) is 7.96. The van der Waals surface area contributed by atoms with Gasteiger partial charge in [-0.25, -0.2) is 4.98 Å². The molecule has 4 rings (SSSR count). The van der Waals surface area contributed by atoms with Crippen LogP contribution in [0.25, 0.3) is 15.5 Å². The number of carbonyl (C=O) groups excluding carboxylic acids is 2. The van der Waals surface area contributed by atoms with E-state index in [1.165, 1.54) is 28.8 Å². The molecule has 1 atom stereocenters. The van der Waals surface area contributed by atoms with E-state index < -0.39 is 6.04 Å². The van der Waals surface area contributed by atoms with Crippen molar-refractivity contribution in [3.05, 3.63) is 46.2 Å². The Morgan fingerprint density at radius 1 is 1.25 bits per heavy atom. The van der Waals surface area contributed by atoms with Gasteiger partial charge in [-0.3, -0.25) is 14.4 Å². The number of nitrogens with two attached hydrogens (primary N) is 1. The zero-order valence-electron chi connectivity index (χ0n) is 17.9. The standard InChI is InChI=1S/C22H26N6O3S/c1-14(29)18(23)6-5-17(30)12-15-3-2-4-16(11-15)21-26-28-20(31)13-19(25-22(28)32-21)27-9-7-24-8-10-27/h2-4,11,13,18,24H,5-10,12,23H2,1H3/t18-/m1/s1. The first-order valence-electron chi connectivity index (χ1n) is 10.6. The summed E-state index contributed by atoms with van der Waals surface area (Å²) in [5.41, 5.74) is 7.19. The van der Waals surface area contributed by atoms with E-state index >= 15 is 0 Å². The third-order valence-electron chi connectivity index (χ3n) is 5.50. The molecule has 2 aromatic heterocycles. The largest absolute Gasteiger partial charge is 0.354 e. The van der Waals surface area contributed by atoms with Crippen LogP contribution in [0.5, 0.6) is 0 Å². The van der Waals surface area contributed by atoms with E-state index in [9.17, 15) is 14.4 Å². The number of piperazine rings is 1. The van der Waals surface area contributed by atoms with Crippen LogP contribution in [0.15, 0.2) is 35.1 Å². The fraction of sp³-hybridized carbons (Fsp3) is 0.409. The Morgan fingerprint density at radius 3 is 2.78 bits per heavy atom. The Bertz CT molecular complexity index is 1200. The number of anilines is 1. The SMILES string of the molecule is CC(=O)[C@H](N)CCC(=O)Cc1cccc(-c2nn3c(=O)cc(N4CCNCC4)nc3s2)c1. The third kappa shape index (κ3) is 5.09. The van der Waals surface area contributed by atoms with Gasteiger partial charge in [-0.1, -0.05) is 29.5 Å². The summed E-state index contributed by atoms with van der Waals surface area (Å²) >= 11 is 1.35. The van der Waals surface area contributed by atoms with Crippen molar-refractivity contribution < 1.29 is 9.59 Å². The summed E-state index contributed by atoms with van der Waals surface area (Å²) in [6.07, 6.45) is 0.880. The highest BCUT2D eigenvalue weighted by molar-refractivity contribution is 7.19. The van der Waals surface area contributed by atoms with Crippen LogP contribution in [0.1, 0.15) is 25.3 Å². The van der Waals surface area contributed by atoms with Gasteiger partial charge in [0.15, 0.2) is 0 Å². The van der Waals surface area contributed by atoms with E-state index in [1.807, 2.05) is 24.3 Å². The molecule has 3 aromatic rings. The fourth-order valence-electron chi connectivity index (χ4n) is 3.62. The summed E-state index contributed by atoms with van der Waals surface area (Å²) in [6, 6.07) is 8.50. The molecule has 10 heteroatoms. The van der Waals surface area contributed by atoms with Gasteiger partial charge in [0.1, 0.15) is 22.4 Å². The minimum absolute atomic E-state index is 0.0294. The lowest BCUT2D eigenvalue weighted by Gasteiger charge is -2.27. The van der Waals surface area contributed by atoms with E-state index in [0.29, 0.717) is 22.2 Å². The Balaban J connectivity index is 1.53. The van der Waals surface area contributed by atoms with Gasteiger partial charge in [-0.15, -0.1) is 0 Å². The third-order valence-corrected chi connectivity index (χ3v) is 6.46. The molecule has 0 saturated carbocycles. The Hall–Kier alpha value is -2.95. The van der Waals surface area contributed by atoms with Gasteiger partial charge in [-0.2, -0.15) is 9.61 Å². The maximum Gasteiger partial charge on any atom is 0.277 e. The van der Waals surface area contributed by atoms with Gasteiger partial charge in [0.05, 0.1) is 6.04 Å². The van der Waals surface area contributed by atoms with Gasteiger partial charge in [0.2, 0.25) is 4.96 Å². The van der Waals surface area contributed by atoms with Crippen LogP contribution in [0, 0.1) is 0 Å². The second kappa shape index (κ2) is 9.68. The van der Waals surface area contributed by atoms with Crippen molar-refractivity contribution in [2.24, 2.45) is 5.73 Å². The number of ketones is 2. The summed E-state index contributed by atoms with van der Waals surface area (Å²) in [7, 11) is 0. The van der Waals surface area contributed by atoms with Gasteiger partial charge >= 0.3 is 0 Å². The first-order valence-corrected chi connectivity index (χ1v) is 11.5. The molecule has 1 aliphatic heterocycles. The Labute approximate surface area is 189 Å². The van der Waals surface area contributed by atoms with Crippen LogP contribution >= 0.6 is 11.3 Å². The molecule has 1 fully saturated rings. The molecule has 3 heterocycles. The van der Waals surface area contributed by atoms with Crippen LogP contribution in [-0.4, -0.2) is 58.4 Å². The second-order valence-corrected chi connectivity index (χ2v) is 8.92. The lowest BCUT2D eigenvalue weighted by Crippen LogP contribution is -2.44. The monoisotopic (exact) mass is 454 g/mol. The summed E-state index contributed by atoms with van der Waals surface area (Å²) in [5, 5.41) is 8.42. The number of fused-ring (bicyclic) bond motifs is 1. The molecule has 0 spiro atoms. The van der Waals surface area contributed by atoms with Gasteiger partial charge in [0.25, 0.3) is 5.56 Å². The quantitative estimate of drug-likeness (QED) is 0.518. The maximum atomic E-state index is 12.6. The van der Waals surface area contributed by atoms with Crippen molar-refractivity contribution in [3.8, 4) is 10.6 Å². The first kappa shape index (κ1) is 22.3. The summed E-state index contributed by atoms with van der Waals surface area (Å²) < 4.78 is 1.33. The Morgan fingerprint density at radius 2 is 2.03 bits per heavy atom. The van der Waals surface area contributed by atoms with E-state index in [2.05, 4.69) is 20.3 Å². The van der Waals surface area contributed by atoms with Crippen molar-refractivity contribution in [1.82, 2.24) is 19.9 Å². The fourth-order valence-corrected chi connectivity index (χ4v) is 4.52. The van der Waals surface area contributed by atoms with Gasteiger partial charge in [0, 0.05) is 50.7 Å². The van der Waals surface area contributed by atoms with E-state index in [0.717, 1.165) is 37.3 Å². The summed E-state index contributed by atoms with van der Waals surface area (Å²) in [4.78, 5) is 43.5. The number of aromatic nitrogens is 3. The number of hydrogen-bond donors (Lipinski definition) is 2. The summed E-state index contributed by atoms with van der Waals surface area (Å²) in [5.74, 6) is 0.594. The molecule has 0 bridgehead atoms.